The van der Waals surface area contributed by atoms with E-state index in [4.69, 9.17) is 9.84 Å². The van der Waals surface area contributed by atoms with Gasteiger partial charge >= 0.3 is 0 Å². The first kappa shape index (κ1) is 24.2. The van der Waals surface area contributed by atoms with Crippen molar-refractivity contribution in [2.75, 3.05) is 39.3 Å². The molecule has 6 rings (SSSR count). The van der Waals surface area contributed by atoms with Crippen molar-refractivity contribution in [1.29, 1.82) is 0 Å². The molecule has 0 unspecified atom stereocenters. The SMILES string of the molecule is Cn1cc(/C=C2/Cc3c(O)cccc3O2)c2c(-c3ccc(C(=O)N4CCN(CCO)CC4)cc3)ccnc21. The maximum Gasteiger partial charge on any atom is 0.253 e. The number of ether oxygens (including phenoxy) is 1. The zero-order valence-corrected chi connectivity index (χ0v) is 21.3. The van der Waals surface area contributed by atoms with E-state index in [1.165, 1.54) is 0 Å². The second-order valence-corrected chi connectivity index (χ2v) is 9.83. The molecule has 1 amide bonds. The van der Waals surface area contributed by atoms with Crippen molar-refractivity contribution < 1.29 is 19.7 Å². The van der Waals surface area contributed by atoms with E-state index in [-0.39, 0.29) is 18.3 Å². The predicted octanol–water partition coefficient (Wildman–Crippen LogP) is 3.67. The summed E-state index contributed by atoms with van der Waals surface area (Å²) in [6.07, 6.45) is 6.38. The van der Waals surface area contributed by atoms with Crippen molar-refractivity contribution in [2.24, 2.45) is 7.05 Å². The number of carbonyl (C=O) groups excluding carboxylic acids is 1. The maximum atomic E-state index is 13.1. The first-order valence-electron chi connectivity index (χ1n) is 12.9. The normalized spacial score (nSPS) is 16.7. The standard InChI is InChI=1S/C30H30N4O4/c1-32-19-22(17-23-18-25-26(36)3-2-4-27(25)38-23)28-24(9-10-31-29(28)32)20-5-7-21(8-6-20)30(37)34-13-11-33(12-14-34)15-16-35/h2-10,17,19,35-36H,11-16,18H2,1H3/b23-17-. The summed E-state index contributed by atoms with van der Waals surface area (Å²) in [7, 11) is 1.97. The Hall–Kier alpha value is -4.14. The van der Waals surface area contributed by atoms with Gasteiger partial charge in [0, 0.05) is 80.7 Å². The molecule has 2 aliphatic rings. The zero-order chi connectivity index (χ0) is 26.2. The summed E-state index contributed by atoms with van der Waals surface area (Å²) in [5.74, 6) is 1.73. The lowest BCUT2D eigenvalue weighted by atomic mass is 9.99. The molecule has 0 saturated carbocycles. The minimum absolute atomic E-state index is 0.0337. The van der Waals surface area contributed by atoms with Gasteiger partial charge in [-0.05, 0) is 47.5 Å². The largest absolute Gasteiger partial charge is 0.508 e. The summed E-state index contributed by atoms with van der Waals surface area (Å²) in [6.45, 7) is 3.67. The van der Waals surface area contributed by atoms with Gasteiger partial charge in [-0.15, -0.1) is 0 Å². The van der Waals surface area contributed by atoms with Gasteiger partial charge in [-0.1, -0.05) is 18.2 Å². The van der Waals surface area contributed by atoms with Crippen LogP contribution in [-0.2, 0) is 13.5 Å². The van der Waals surface area contributed by atoms with Crippen LogP contribution in [0.2, 0.25) is 0 Å². The highest BCUT2D eigenvalue weighted by Crippen LogP contribution is 2.39. The number of aromatic hydroxyl groups is 1. The number of benzene rings is 2. The summed E-state index contributed by atoms with van der Waals surface area (Å²) < 4.78 is 8.03. The molecule has 2 aliphatic heterocycles. The molecule has 0 aliphatic carbocycles. The number of phenols is 1. The average Bonchev–Trinajstić information content (AvgIpc) is 3.50. The summed E-state index contributed by atoms with van der Waals surface area (Å²) in [6, 6.07) is 15.1. The van der Waals surface area contributed by atoms with Crippen molar-refractivity contribution in [3.8, 4) is 22.6 Å². The lowest BCUT2D eigenvalue weighted by Gasteiger charge is -2.34. The molecule has 8 heteroatoms. The Morgan fingerprint density at radius 1 is 1.08 bits per heavy atom. The zero-order valence-electron chi connectivity index (χ0n) is 21.3. The van der Waals surface area contributed by atoms with Gasteiger partial charge in [-0.25, -0.2) is 4.98 Å². The van der Waals surface area contributed by atoms with Crippen LogP contribution in [0.15, 0.2) is 66.7 Å². The molecule has 8 nitrogen and oxygen atoms in total. The van der Waals surface area contributed by atoms with E-state index < -0.39 is 0 Å². The number of allylic oxidation sites excluding steroid dienone is 1. The van der Waals surface area contributed by atoms with Crippen molar-refractivity contribution in [2.45, 2.75) is 6.42 Å². The number of hydrogen-bond donors (Lipinski definition) is 2. The molecule has 1 saturated heterocycles. The molecule has 0 radical (unpaired) electrons. The first-order chi connectivity index (χ1) is 18.5. The fourth-order valence-electron chi connectivity index (χ4n) is 5.41. The number of amides is 1. The molecule has 194 valence electrons. The lowest BCUT2D eigenvalue weighted by molar-refractivity contribution is 0.0615. The Bertz CT molecular complexity index is 1530. The fraction of sp³-hybridized carbons (Fsp3) is 0.267. The second kappa shape index (κ2) is 9.96. The van der Waals surface area contributed by atoms with Crippen LogP contribution in [0.4, 0.5) is 0 Å². The van der Waals surface area contributed by atoms with Crippen molar-refractivity contribution in [1.82, 2.24) is 19.4 Å². The van der Waals surface area contributed by atoms with Gasteiger partial charge in [-0.3, -0.25) is 9.69 Å². The summed E-state index contributed by atoms with van der Waals surface area (Å²) >= 11 is 0. The van der Waals surface area contributed by atoms with Crippen molar-refractivity contribution in [3.05, 3.63) is 83.4 Å². The van der Waals surface area contributed by atoms with Crippen molar-refractivity contribution in [3.63, 3.8) is 0 Å². The number of fused-ring (bicyclic) bond motifs is 2. The molecular weight excluding hydrogens is 480 g/mol. The van der Waals surface area contributed by atoms with E-state index in [0.717, 1.165) is 52.1 Å². The van der Waals surface area contributed by atoms with Gasteiger partial charge in [0.05, 0.1) is 6.61 Å². The van der Waals surface area contributed by atoms with E-state index in [9.17, 15) is 9.90 Å². The minimum atomic E-state index is 0.0337. The third-order valence-electron chi connectivity index (χ3n) is 7.42. The Labute approximate surface area is 221 Å². The van der Waals surface area contributed by atoms with Gasteiger partial charge in [-0.2, -0.15) is 0 Å². The van der Waals surface area contributed by atoms with E-state index in [1.807, 2.05) is 65.2 Å². The van der Waals surface area contributed by atoms with Crippen LogP contribution in [0.3, 0.4) is 0 Å². The molecule has 2 aromatic heterocycles. The highest BCUT2D eigenvalue weighted by molar-refractivity contribution is 6.00. The summed E-state index contributed by atoms with van der Waals surface area (Å²) in [4.78, 5) is 21.8. The number of aliphatic hydroxyl groups excluding tert-OH is 1. The molecule has 4 heterocycles. The number of rotatable bonds is 5. The number of nitrogens with zero attached hydrogens (tertiary/aromatic N) is 4. The van der Waals surface area contributed by atoms with Crippen LogP contribution in [-0.4, -0.2) is 74.8 Å². The Kier molecular flexibility index (Phi) is 6.35. The third-order valence-corrected chi connectivity index (χ3v) is 7.42. The van der Waals surface area contributed by atoms with Crippen molar-refractivity contribution >= 4 is 23.0 Å². The van der Waals surface area contributed by atoms with Gasteiger partial charge in [0.1, 0.15) is 22.9 Å². The average molecular weight is 511 g/mol. The van der Waals surface area contributed by atoms with Crippen LogP contribution in [0.1, 0.15) is 21.5 Å². The van der Waals surface area contributed by atoms with Gasteiger partial charge < -0.3 is 24.4 Å². The highest BCUT2D eigenvalue weighted by Gasteiger charge is 2.23. The number of β-amino-alcohol motifs (C(OH)–C–C–N with tert-alkyl or cyclic N) is 1. The monoisotopic (exact) mass is 510 g/mol. The number of pyridine rings is 1. The molecule has 0 bridgehead atoms. The highest BCUT2D eigenvalue weighted by atomic mass is 16.5. The number of hydrogen-bond acceptors (Lipinski definition) is 6. The number of aliphatic hydroxyl groups is 1. The minimum Gasteiger partial charge on any atom is -0.508 e. The molecular formula is C30H30N4O4. The maximum absolute atomic E-state index is 13.1. The van der Waals surface area contributed by atoms with Gasteiger partial charge in [0.25, 0.3) is 5.91 Å². The topological polar surface area (TPSA) is 91.1 Å². The predicted molar refractivity (Wildman–Crippen MR) is 146 cm³/mol. The number of piperazine rings is 1. The molecule has 38 heavy (non-hydrogen) atoms. The summed E-state index contributed by atoms with van der Waals surface area (Å²) in [5.41, 5.74) is 5.33. The quantitative estimate of drug-likeness (QED) is 0.426. The smallest absolute Gasteiger partial charge is 0.253 e. The van der Waals surface area contributed by atoms with Crippen LogP contribution >= 0.6 is 0 Å². The number of phenolic OH excluding ortho intramolecular Hbond substituents is 1. The molecule has 4 aromatic rings. The van der Waals surface area contributed by atoms with Crippen LogP contribution in [0.25, 0.3) is 28.2 Å². The van der Waals surface area contributed by atoms with Gasteiger partial charge in [0.2, 0.25) is 0 Å². The Morgan fingerprint density at radius 2 is 1.87 bits per heavy atom. The van der Waals surface area contributed by atoms with Crippen LogP contribution < -0.4 is 4.74 Å². The molecule has 0 atom stereocenters. The molecule has 0 spiro atoms. The Balaban J connectivity index is 1.28. The van der Waals surface area contributed by atoms with E-state index in [1.54, 1.807) is 18.3 Å². The van der Waals surface area contributed by atoms with Crippen LogP contribution in [0, 0.1) is 0 Å². The number of aryl methyl sites for hydroxylation is 1. The van der Waals surface area contributed by atoms with E-state index in [2.05, 4.69) is 9.88 Å². The molecule has 2 N–H and O–H groups in total. The van der Waals surface area contributed by atoms with Gasteiger partial charge in [0.15, 0.2) is 0 Å². The number of aromatic nitrogens is 2. The molecule has 1 fully saturated rings. The molecule has 2 aromatic carbocycles. The second-order valence-electron chi connectivity index (χ2n) is 9.83. The van der Waals surface area contributed by atoms with E-state index in [0.29, 0.717) is 37.4 Å². The third kappa shape index (κ3) is 4.42. The number of carbonyl (C=O) groups is 1. The van der Waals surface area contributed by atoms with Crippen LogP contribution in [0.5, 0.6) is 11.5 Å². The fourth-order valence-corrected chi connectivity index (χ4v) is 5.41. The first-order valence-corrected chi connectivity index (χ1v) is 12.9. The van der Waals surface area contributed by atoms with E-state index >= 15 is 0 Å². The summed E-state index contributed by atoms with van der Waals surface area (Å²) in [5, 5.41) is 20.4. The lowest BCUT2D eigenvalue weighted by Crippen LogP contribution is -2.49. The Morgan fingerprint density at radius 3 is 2.61 bits per heavy atom.